The minimum Gasteiger partial charge on any atom is -0.0982 e. The molecule has 0 heteroatoms. The van der Waals surface area contributed by atoms with Crippen molar-refractivity contribution < 1.29 is 0 Å². The Morgan fingerprint density at radius 3 is 2.64 bits per heavy atom. The van der Waals surface area contributed by atoms with Crippen LogP contribution in [-0.2, 0) is 12.8 Å². The van der Waals surface area contributed by atoms with Crippen LogP contribution in [0, 0.1) is 18.8 Å². The van der Waals surface area contributed by atoms with Crippen molar-refractivity contribution in [3.63, 3.8) is 0 Å². The maximum absolute atomic E-state index is 3.12. The van der Waals surface area contributed by atoms with Gasteiger partial charge in [0.2, 0.25) is 0 Å². The second kappa shape index (κ2) is 2.43. The molecule has 2 rings (SSSR count). The van der Waals surface area contributed by atoms with Gasteiger partial charge >= 0.3 is 0 Å². The van der Waals surface area contributed by atoms with Crippen LogP contribution in [0.2, 0.25) is 0 Å². The minimum atomic E-state index is 0.940. The number of benzene rings is 1. The maximum Gasteiger partial charge on any atom is 0.0343 e. The Morgan fingerprint density at radius 1 is 1.09 bits per heavy atom. The molecule has 54 valence electrons. The SMILES string of the molecule is Cc1ccc2c(c1)CC#CC2. The van der Waals surface area contributed by atoms with Crippen molar-refractivity contribution in [1.29, 1.82) is 0 Å². The molecule has 1 aliphatic carbocycles. The molecule has 0 atom stereocenters. The molecule has 0 fully saturated rings. The van der Waals surface area contributed by atoms with Crippen LogP contribution in [0.3, 0.4) is 0 Å². The van der Waals surface area contributed by atoms with E-state index in [0.29, 0.717) is 0 Å². The van der Waals surface area contributed by atoms with Crippen LogP contribution in [0.1, 0.15) is 16.7 Å². The first kappa shape index (κ1) is 6.49. The van der Waals surface area contributed by atoms with Crippen LogP contribution in [0.5, 0.6) is 0 Å². The Kier molecular flexibility index (Phi) is 1.43. The van der Waals surface area contributed by atoms with Crippen LogP contribution >= 0.6 is 0 Å². The van der Waals surface area contributed by atoms with Gasteiger partial charge in [0.05, 0.1) is 0 Å². The molecule has 0 unspecified atom stereocenters. The van der Waals surface area contributed by atoms with Gasteiger partial charge in [0.25, 0.3) is 0 Å². The summed E-state index contributed by atoms with van der Waals surface area (Å²) in [7, 11) is 0. The lowest BCUT2D eigenvalue weighted by atomic mass is 9.97. The zero-order valence-corrected chi connectivity index (χ0v) is 6.65. The Hall–Kier alpha value is -1.22. The van der Waals surface area contributed by atoms with Gasteiger partial charge in [0.15, 0.2) is 0 Å². The molecule has 0 saturated carbocycles. The van der Waals surface area contributed by atoms with Gasteiger partial charge in [-0.1, -0.05) is 35.6 Å². The molecule has 0 spiro atoms. The topological polar surface area (TPSA) is 0 Å². The van der Waals surface area contributed by atoms with Gasteiger partial charge in [-0.2, -0.15) is 0 Å². The molecule has 0 heterocycles. The highest BCUT2D eigenvalue weighted by Crippen LogP contribution is 2.14. The molecule has 1 aliphatic rings. The molecule has 0 bridgehead atoms. The third kappa shape index (κ3) is 1.14. The fourth-order valence-electron chi connectivity index (χ4n) is 1.41. The normalized spacial score (nSPS) is 13.2. The van der Waals surface area contributed by atoms with E-state index in [0.717, 1.165) is 12.8 Å². The third-order valence-electron chi connectivity index (χ3n) is 2.04. The summed E-state index contributed by atoms with van der Waals surface area (Å²) in [6.45, 7) is 2.13. The second-order valence-electron chi connectivity index (χ2n) is 2.98. The molecule has 0 nitrogen and oxygen atoms in total. The van der Waals surface area contributed by atoms with E-state index in [2.05, 4.69) is 37.0 Å². The molecule has 0 N–H and O–H groups in total. The van der Waals surface area contributed by atoms with E-state index in [4.69, 9.17) is 0 Å². The highest BCUT2D eigenvalue weighted by atomic mass is 14.1. The van der Waals surface area contributed by atoms with E-state index < -0.39 is 0 Å². The predicted octanol–water partition coefficient (Wildman–Crippen LogP) is 2.10. The number of fused-ring (bicyclic) bond motifs is 1. The van der Waals surface area contributed by atoms with Gasteiger partial charge in [0, 0.05) is 12.8 Å². The Labute approximate surface area is 67.2 Å². The molecule has 1 aromatic carbocycles. The lowest BCUT2D eigenvalue weighted by Crippen LogP contribution is -1.97. The van der Waals surface area contributed by atoms with E-state index in [9.17, 15) is 0 Å². The number of aryl methyl sites for hydroxylation is 1. The number of hydrogen-bond donors (Lipinski definition) is 0. The van der Waals surface area contributed by atoms with E-state index in [-0.39, 0.29) is 0 Å². The van der Waals surface area contributed by atoms with Crippen LogP contribution in [0.4, 0.5) is 0 Å². The second-order valence-corrected chi connectivity index (χ2v) is 2.98. The molecule has 11 heavy (non-hydrogen) atoms. The Morgan fingerprint density at radius 2 is 1.82 bits per heavy atom. The van der Waals surface area contributed by atoms with E-state index in [1.165, 1.54) is 16.7 Å². The first-order valence-electron chi connectivity index (χ1n) is 3.90. The number of rotatable bonds is 0. The molecular weight excluding hydrogens is 132 g/mol. The first-order chi connectivity index (χ1) is 5.36. The Balaban J connectivity index is 2.51. The fraction of sp³-hybridized carbons (Fsp3) is 0.273. The minimum absolute atomic E-state index is 0.940. The van der Waals surface area contributed by atoms with Gasteiger partial charge in [0.1, 0.15) is 0 Å². The van der Waals surface area contributed by atoms with E-state index in [1.807, 2.05) is 0 Å². The van der Waals surface area contributed by atoms with E-state index in [1.54, 1.807) is 0 Å². The van der Waals surface area contributed by atoms with Crippen LogP contribution in [0.15, 0.2) is 18.2 Å². The van der Waals surface area contributed by atoms with Crippen LogP contribution < -0.4 is 0 Å². The summed E-state index contributed by atoms with van der Waals surface area (Å²) in [5.41, 5.74) is 4.17. The van der Waals surface area contributed by atoms with Crippen LogP contribution in [-0.4, -0.2) is 0 Å². The average molecular weight is 142 g/mol. The maximum atomic E-state index is 3.12. The lowest BCUT2D eigenvalue weighted by Gasteiger charge is -2.07. The third-order valence-corrected chi connectivity index (χ3v) is 2.04. The smallest absolute Gasteiger partial charge is 0.0343 e. The molecule has 0 amide bonds. The van der Waals surface area contributed by atoms with Crippen molar-refractivity contribution in [2.24, 2.45) is 0 Å². The molecular formula is C11H10. The largest absolute Gasteiger partial charge is 0.0982 e. The monoisotopic (exact) mass is 142 g/mol. The highest BCUT2D eigenvalue weighted by molar-refractivity contribution is 5.39. The average Bonchev–Trinajstić information content (AvgIpc) is 2.04. The molecule has 0 radical (unpaired) electrons. The standard InChI is InChI=1S/C11H10/c1-9-6-7-10-4-2-3-5-11(10)8-9/h6-8H,4-5H2,1H3. The Bertz CT molecular complexity index is 337. The molecule has 0 saturated heterocycles. The van der Waals surface area contributed by atoms with Crippen molar-refractivity contribution >= 4 is 0 Å². The van der Waals surface area contributed by atoms with Gasteiger partial charge < -0.3 is 0 Å². The van der Waals surface area contributed by atoms with Crippen molar-refractivity contribution in [1.82, 2.24) is 0 Å². The fourth-order valence-corrected chi connectivity index (χ4v) is 1.41. The number of hydrogen-bond acceptors (Lipinski definition) is 0. The summed E-state index contributed by atoms with van der Waals surface area (Å²) in [6.07, 6.45) is 1.88. The zero-order valence-electron chi connectivity index (χ0n) is 6.65. The summed E-state index contributed by atoms with van der Waals surface area (Å²) >= 11 is 0. The lowest BCUT2D eigenvalue weighted by molar-refractivity contribution is 1.14. The summed E-state index contributed by atoms with van der Waals surface area (Å²) < 4.78 is 0. The molecule has 0 aromatic heterocycles. The van der Waals surface area contributed by atoms with Gasteiger partial charge in [-0.3, -0.25) is 0 Å². The highest BCUT2D eigenvalue weighted by Gasteiger charge is 2.02. The van der Waals surface area contributed by atoms with Crippen LogP contribution in [0.25, 0.3) is 0 Å². The van der Waals surface area contributed by atoms with Gasteiger partial charge in [-0.25, -0.2) is 0 Å². The first-order valence-corrected chi connectivity index (χ1v) is 3.90. The zero-order chi connectivity index (χ0) is 7.68. The molecule has 1 aromatic rings. The van der Waals surface area contributed by atoms with Gasteiger partial charge in [-0.15, -0.1) is 0 Å². The summed E-state index contributed by atoms with van der Waals surface area (Å²) in [6, 6.07) is 6.59. The predicted molar refractivity (Wildman–Crippen MR) is 46.4 cm³/mol. The van der Waals surface area contributed by atoms with Crippen molar-refractivity contribution in [3.8, 4) is 11.8 Å². The molecule has 0 aliphatic heterocycles. The van der Waals surface area contributed by atoms with E-state index >= 15 is 0 Å². The quantitative estimate of drug-likeness (QED) is 0.486. The van der Waals surface area contributed by atoms with Gasteiger partial charge in [-0.05, 0) is 18.1 Å². The summed E-state index contributed by atoms with van der Waals surface area (Å²) in [5, 5.41) is 0. The summed E-state index contributed by atoms with van der Waals surface area (Å²) in [5.74, 6) is 6.23. The van der Waals surface area contributed by atoms with Crippen molar-refractivity contribution in [3.05, 3.63) is 34.9 Å². The van der Waals surface area contributed by atoms with Crippen molar-refractivity contribution in [2.45, 2.75) is 19.8 Å². The van der Waals surface area contributed by atoms with Crippen molar-refractivity contribution in [2.75, 3.05) is 0 Å². The summed E-state index contributed by atoms with van der Waals surface area (Å²) in [4.78, 5) is 0.